The Morgan fingerprint density at radius 3 is 2.23 bits per heavy atom. The van der Waals surface area contributed by atoms with E-state index >= 15 is 0 Å². The number of rotatable bonds is 10. The lowest BCUT2D eigenvalue weighted by Gasteiger charge is -2.27. The van der Waals surface area contributed by atoms with Crippen molar-refractivity contribution in [1.29, 1.82) is 0 Å². The number of fused-ring (bicyclic) bond motifs is 1. The summed E-state index contributed by atoms with van der Waals surface area (Å²) in [6.45, 7) is 2.45. The van der Waals surface area contributed by atoms with Gasteiger partial charge in [0.15, 0.2) is 0 Å². The standard InChI is InChI=1S/C29H29NO4S/c1-2-3-20-30(35(33,34)27-19-18-23-8-4-5-10-26(23)21-27)28-11-7-6-9-24(28)15-12-22-13-16-25(17-14-22)29(31)32/h4-11,13-14,16-19,21H,2-3,12,15,20H2,1H3,(H,31,32). The number of nitrogens with zero attached hydrogens (tertiary/aromatic N) is 1. The van der Waals surface area contributed by atoms with Crippen molar-refractivity contribution in [2.45, 2.75) is 37.5 Å². The number of unbranched alkanes of at least 4 members (excludes halogenated alkanes) is 1. The molecular weight excluding hydrogens is 458 g/mol. The summed E-state index contributed by atoms with van der Waals surface area (Å²) in [4.78, 5) is 11.4. The van der Waals surface area contributed by atoms with Crippen molar-refractivity contribution in [3.05, 3.63) is 108 Å². The SMILES string of the molecule is CCCCN(c1ccccc1CCc1ccc(C(=O)O)cc1)S(=O)(=O)c1ccc2ccccc2c1. The Hall–Kier alpha value is -3.64. The molecule has 0 heterocycles. The zero-order valence-corrected chi connectivity index (χ0v) is 20.5. The van der Waals surface area contributed by atoms with Gasteiger partial charge in [0.05, 0.1) is 16.1 Å². The number of anilines is 1. The van der Waals surface area contributed by atoms with Crippen LogP contribution in [0.3, 0.4) is 0 Å². The second-order valence-corrected chi connectivity index (χ2v) is 10.4. The average Bonchev–Trinajstić information content (AvgIpc) is 2.88. The summed E-state index contributed by atoms with van der Waals surface area (Å²) in [5.74, 6) is -0.952. The Balaban J connectivity index is 1.66. The maximum atomic E-state index is 13.9. The lowest BCUT2D eigenvalue weighted by Crippen LogP contribution is -2.33. The highest BCUT2D eigenvalue weighted by molar-refractivity contribution is 7.92. The fraction of sp³-hybridized carbons (Fsp3) is 0.207. The van der Waals surface area contributed by atoms with E-state index in [1.165, 1.54) is 0 Å². The van der Waals surface area contributed by atoms with Crippen LogP contribution in [0.25, 0.3) is 10.8 Å². The Bertz CT molecular complexity index is 1430. The van der Waals surface area contributed by atoms with Crippen molar-refractivity contribution in [3.8, 4) is 0 Å². The number of aryl methyl sites for hydroxylation is 2. The molecule has 0 unspecified atom stereocenters. The second-order valence-electron chi connectivity index (χ2n) is 8.57. The third-order valence-electron chi connectivity index (χ3n) is 6.17. The topological polar surface area (TPSA) is 74.7 Å². The second kappa shape index (κ2) is 10.7. The Kier molecular flexibility index (Phi) is 7.51. The normalized spacial score (nSPS) is 11.5. The average molecular weight is 488 g/mol. The highest BCUT2D eigenvalue weighted by Gasteiger charge is 2.26. The number of hydrogen-bond acceptors (Lipinski definition) is 3. The molecule has 180 valence electrons. The molecule has 0 atom stereocenters. The molecule has 0 saturated heterocycles. The maximum Gasteiger partial charge on any atom is 0.335 e. The molecule has 0 saturated carbocycles. The van der Waals surface area contributed by atoms with Crippen LogP contribution in [-0.2, 0) is 22.9 Å². The third kappa shape index (κ3) is 5.54. The number of carboxylic acids is 1. The number of benzene rings is 4. The van der Waals surface area contributed by atoms with Gasteiger partial charge < -0.3 is 5.11 Å². The highest BCUT2D eigenvalue weighted by Crippen LogP contribution is 2.30. The first-order valence-corrected chi connectivity index (χ1v) is 13.3. The molecule has 0 aliphatic carbocycles. The van der Waals surface area contributed by atoms with Gasteiger partial charge in [-0.1, -0.05) is 74.0 Å². The Morgan fingerprint density at radius 2 is 1.51 bits per heavy atom. The van der Waals surface area contributed by atoms with Gasteiger partial charge in [-0.2, -0.15) is 0 Å². The van der Waals surface area contributed by atoms with Crippen LogP contribution >= 0.6 is 0 Å². The lowest BCUT2D eigenvalue weighted by atomic mass is 10.0. The van der Waals surface area contributed by atoms with Gasteiger partial charge >= 0.3 is 5.97 Å². The number of sulfonamides is 1. The fourth-order valence-electron chi connectivity index (χ4n) is 4.19. The van der Waals surface area contributed by atoms with Crippen molar-refractivity contribution in [3.63, 3.8) is 0 Å². The Morgan fingerprint density at radius 1 is 0.829 bits per heavy atom. The van der Waals surface area contributed by atoms with Crippen molar-refractivity contribution < 1.29 is 18.3 Å². The van der Waals surface area contributed by atoms with E-state index in [1.807, 2.05) is 73.7 Å². The predicted molar refractivity (Wildman–Crippen MR) is 141 cm³/mol. The molecule has 0 radical (unpaired) electrons. The van der Waals surface area contributed by atoms with E-state index in [1.54, 1.807) is 28.6 Å². The van der Waals surface area contributed by atoms with E-state index in [0.717, 1.165) is 34.7 Å². The molecule has 6 heteroatoms. The van der Waals surface area contributed by atoms with Gasteiger partial charge in [-0.3, -0.25) is 4.31 Å². The van der Waals surface area contributed by atoms with E-state index in [2.05, 4.69) is 0 Å². The molecule has 0 aliphatic rings. The number of aromatic carboxylic acids is 1. The van der Waals surface area contributed by atoms with Gasteiger partial charge in [0.25, 0.3) is 10.0 Å². The molecule has 0 aliphatic heterocycles. The summed E-state index contributed by atoms with van der Waals surface area (Å²) >= 11 is 0. The van der Waals surface area contributed by atoms with Crippen molar-refractivity contribution in [1.82, 2.24) is 0 Å². The largest absolute Gasteiger partial charge is 0.478 e. The van der Waals surface area contributed by atoms with E-state index in [9.17, 15) is 13.2 Å². The smallest absolute Gasteiger partial charge is 0.335 e. The summed E-state index contributed by atoms with van der Waals surface area (Å²) in [6, 6.07) is 27.5. The monoisotopic (exact) mass is 487 g/mol. The van der Waals surface area contributed by atoms with Crippen molar-refractivity contribution >= 4 is 32.5 Å². The zero-order valence-electron chi connectivity index (χ0n) is 19.7. The molecule has 4 rings (SSSR count). The minimum atomic E-state index is -3.77. The Labute approximate surface area is 206 Å². The van der Waals surface area contributed by atoms with E-state index in [-0.39, 0.29) is 10.5 Å². The highest BCUT2D eigenvalue weighted by atomic mass is 32.2. The van der Waals surface area contributed by atoms with E-state index in [0.29, 0.717) is 25.1 Å². The molecule has 0 amide bonds. The van der Waals surface area contributed by atoms with Crippen LogP contribution < -0.4 is 4.31 Å². The molecule has 0 aromatic heterocycles. The minimum Gasteiger partial charge on any atom is -0.478 e. The quantitative estimate of drug-likeness (QED) is 0.284. The van der Waals surface area contributed by atoms with E-state index < -0.39 is 16.0 Å². The number of carbonyl (C=O) groups is 1. The first-order chi connectivity index (χ1) is 16.9. The molecule has 35 heavy (non-hydrogen) atoms. The maximum absolute atomic E-state index is 13.9. The van der Waals surface area contributed by atoms with Gasteiger partial charge in [0.2, 0.25) is 0 Å². The van der Waals surface area contributed by atoms with Crippen LogP contribution in [-0.4, -0.2) is 26.0 Å². The number of para-hydroxylation sites is 1. The fourth-order valence-corrected chi connectivity index (χ4v) is 5.76. The molecule has 1 N–H and O–H groups in total. The molecule has 5 nitrogen and oxygen atoms in total. The van der Waals surface area contributed by atoms with Gasteiger partial charge in [0, 0.05) is 6.54 Å². The van der Waals surface area contributed by atoms with E-state index in [4.69, 9.17) is 5.11 Å². The number of hydrogen-bond donors (Lipinski definition) is 1. The zero-order chi connectivity index (χ0) is 24.8. The molecule has 0 spiro atoms. The van der Waals surface area contributed by atoms with Crippen LogP contribution in [0.1, 0.15) is 41.3 Å². The van der Waals surface area contributed by atoms with Crippen LogP contribution in [0.2, 0.25) is 0 Å². The predicted octanol–water partition coefficient (Wildman–Crippen LogP) is 6.32. The summed E-state index contributed by atoms with van der Waals surface area (Å²) in [7, 11) is -3.77. The summed E-state index contributed by atoms with van der Waals surface area (Å²) in [6.07, 6.45) is 2.94. The summed E-state index contributed by atoms with van der Waals surface area (Å²) in [5.41, 5.74) is 2.88. The van der Waals surface area contributed by atoms with Crippen LogP contribution in [0.15, 0.2) is 95.9 Å². The summed E-state index contributed by atoms with van der Waals surface area (Å²) < 4.78 is 29.3. The lowest BCUT2D eigenvalue weighted by molar-refractivity contribution is 0.0697. The molecule has 0 fully saturated rings. The molecule has 0 bridgehead atoms. The van der Waals surface area contributed by atoms with Crippen molar-refractivity contribution in [2.24, 2.45) is 0 Å². The third-order valence-corrected chi connectivity index (χ3v) is 7.98. The molecule has 4 aromatic carbocycles. The minimum absolute atomic E-state index is 0.251. The van der Waals surface area contributed by atoms with Crippen LogP contribution in [0.5, 0.6) is 0 Å². The number of carboxylic acid groups (broad SMARTS) is 1. The van der Waals surface area contributed by atoms with Crippen LogP contribution in [0, 0.1) is 0 Å². The van der Waals surface area contributed by atoms with Crippen LogP contribution in [0.4, 0.5) is 5.69 Å². The first kappa shape index (κ1) is 24.5. The van der Waals surface area contributed by atoms with Gasteiger partial charge in [-0.05, 0) is 71.5 Å². The first-order valence-electron chi connectivity index (χ1n) is 11.8. The molecular formula is C29H29NO4S. The van der Waals surface area contributed by atoms with Gasteiger partial charge in [0.1, 0.15) is 0 Å². The van der Waals surface area contributed by atoms with Gasteiger partial charge in [-0.15, -0.1) is 0 Å². The summed E-state index contributed by atoms with van der Waals surface area (Å²) in [5, 5.41) is 11.0. The van der Waals surface area contributed by atoms with Gasteiger partial charge in [-0.25, -0.2) is 13.2 Å². The molecule has 4 aromatic rings. The van der Waals surface area contributed by atoms with Crippen molar-refractivity contribution in [2.75, 3.05) is 10.8 Å².